The Morgan fingerprint density at radius 2 is 1.79 bits per heavy atom. The number of fused-ring (bicyclic) bond motifs is 2. The third-order valence-corrected chi connectivity index (χ3v) is 6.28. The van der Waals surface area contributed by atoms with Gasteiger partial charge in [-0.3, -0.25) is 10.2 Å². The highest BCUT2D eigenvalue weighted by Gasteiger charge is 2.31. The quantitative estimate of drug-likeness (QED) is 0.118. The van der Waals surface area contributed by atoms with Gasteiger partial charge in [0.05, 0.1) is 33.6 Å². The van der Waals surface area contributed by atoms with Gasteiger partial charge in [-0.05, 0) is 67.7 Å². The van der Waals surface area contributed by atoms with Gasteiger partial charge < -0.3 is 24.8 Å². The summed E-state index contributed by atoms with van der Waals surface area (Å²) in [4.78, 5) is 11.2. The van der Waals surface area contributed by atoms with Gasteiger partial charge in [0.25, 0.3) is 0 Å². The Balaban J connectivity index is 1.77. The number of carbonyl (C=O) groups excluding carboxylic acids is 1. The highest BCUT2D eigenvalue weighted by molar-refractivity contribution is 6.09. The summed E-state index contributed by atoms with van der Waals surface area (Å²) in [5, 5.41) is 7.99. The minimum absolute atomic E-state index is 0.157. The van der Waals surface area contributed by atoms with Crippen molar-refractivity contribution in [2.24, 2.45) is 16.0 Å². The fraction of sp³-hybridized carbons (Fsp3) is 0.560. The van der Waals surface area contributed by atoms with Crippen molar-refractivity contribution >= 4 is 23.6 Å². The zero-order valence-corrected chi connectivity index (χ0v) is 20.4. The van der Waals surface area contributed by atoms with Crippen molar-refractivity contribution in [2.45, 2.75) is 64.2 Å². The number of esters is 1. The molecule has 9 heteroatoms. The molecular formula is C25H36N4O5. The highest BCUT2D eigenvalue weighted by Crippen LogP contribution is 2.50. The van der Waals surface area contributed by atoms with Crippen LogP contribution in [0.3, 0.4) is 0 Å². The maximum Gasteiger partial charge on any atom is 0.305 e. The Labute approximate surface area is 201 Å². The Bertz CT molecular complexity index is 955. The predicted molar refractivity (Wildman–Crippen MR) is 132 cm³/mol. The van der Waals surface area contributed by atoms with Crippen molar-refractivity contribution in [1.82, 2.24) is 5.43 Å². The predicted octanol–water partition coefficient (Wildman–Crippen LogP) is 3.94. The molecule has 0 aliphatic heterocycles. The highest BCUT2D eigenvalue weighted by atomic mass is 16.5. The number of methoxy groups -OCH3 is 3. The molecule has 186 valence electrons. The zero-order valence-electron chi connectivity index (χ0n) is 20.4. The van der Waals surface area contributed by atoms with Gasteiger partial charge in [0.15, 0.2) is 11.5 Å². The van der Waals surface area contributed by atoms with E-state index in [4.69, 9.17) is 20.1 Å². The molecule has 1 aromatic rings. The normalized spacial score (nSPS) is 16.3. The van der Waals surface area contributed by atoms with Gasteiger partial charge in [0.1, 0.15) is 6.34 Å². The van der Waals surface area contributed by atoms with Gasteiger partial charge in [0, 0.05) is 12.0 Å². The third kappa shape index (κ3) is 6.01. The monoisotopic (exact) mass is 472 g/mol. The summed E-state index contributed by atoms with van der Waals surface area (Å²) in [7, 11) is 4.74. The zero-order chi connectivity index (χ0) is 24.3. The number of allylic oxidation sites excluding steroid dienone is 2. The number of benzene rings is 1. The second kappa shape index (κ2) is 12.9. The standard InChI is InChI=1S/C25H36N4O5/c1-31-22(30)11-6-4-5-7-14-34-21-15-17-12-13-20(29-28-16-27-26)18-9-8-10-19(18)23(17)25(33-3)24(21)32-2/h15-16H,4-14,26H2,1-3H3,(H,27,28). The molecular weight excluding hydrogens is 436 g/mol. The molecule has 0 saturated heterocycles. The van der Waals surface area contributed by atoms with E-state index in [2.05, 4.69) is 26.4 Å². The third-order valence-electron chi connectivity index (χ3n) is 6.28. The number of hydrogen-bond donors (Lipinski definition) is 2. The number of hydrazone groups is 2. The summed E-state index contributed by atoms with van der Waals surface area (Å²) in [6.45, 7) is 0.569. The van der Waals surface area contributed by atoms with Crippen LogP contribution >= 0.6 is 0 Å². The van der Waals surface area contributed by atoms with E-state index in [1.54, 1.807) is 14.2 Å². The van der Waals surface area contributed by atoms with Gasteiger partial charge in [0.2, 0.25) is 5.75 Å². The summed E-state index contributed by atoms with van der Waals surface area (Å²) in [6, 6.07) is 2.09. The molecule has 0 fully saturated rings. The average molecular weight is 473 g/mol. The van der Waals surface area contributed by atoms with Crippen molar-refractivity contribution in [3.63, 3.8) is 0 Å². The lowest BCUT2D eigenvalue weighted by atomic mass is 9.95. The van der Waals surface area contributed by atoms with Crippen LogP contribution in [0.25, 0.3) is 5.57 Å². The number of nitrogens with two attached hydrogens (primary N) is 1. The largest absolute Gasteiger partial charge is 0.492 e. The lowest BCUT2D eigenvalue weighted by Gasteiger charge is -2.20. The molecule has 1 aromatic carbocycles. The maximum absolute atomic E-state index is 11.2. The van der Waals surface area contributed by atoms with E-state index in [0.717, 1.165) is 74.8 Å². The second-order valence-corrected chi connectivity index (χ2v) is 8.34. The Morgan fingerprint density at radius 3 is 2.53 bits per heavy atom. The fourth-order valence-electron chi connectivity index (χ4n) is 4.71. The van der Waals surface area contributed by atoms with Crippen molar-refractivity contribution in [3.8, 4) is 17.2 Å². The first-order valence-corrected chi connectivity index (χ1v) is 11.9. The number of aryl methyl sites for hydroxylation is 1. The fourth-order valence-corrected chi connectivity index (χ4v) is 4.71. The topological polar surface area (TPSA) is 117 Å². The van der Waals surface area contributed by atoms with Crippen LogP contribution in [0.5, 0.6) is 17.2 Å². The molecule has 0 amide bonds. The summed E-state index contributed by atoms with van der Waals surface area (Å²) < 4.78 is 22.5. The van der Waals surface area contributed by atoms with Crippen molar-refractivity contribution in [1.29, 1.82) is 0 Å². The van der Waals surface area contributed by atoms with E-state index in [1.807, 2.05) is 0 Å². The molecule has 0 spiro atoms. The van der Waals surface area contributed by atoms with Crippen LogP contribution in [0.2, 0.25) is 0 Å². The average Bonchev–Trinajstić information content (AvgIpc) is 3.28. The first-order valence-electron chi connectivity index (χ1n) is 11.9. The summed E-state index contributed by atoms with van der Waals surface area (Å²) >= 11 is 0. The van der Waals surface area contributed by atoms with Crippen molar-refractivity contribution in [2.75, 3.05) is 27.9 Å². The van der Waals surface area contributed by atoms with E-state index in [-0.39, 0.29) is 5.97 Å². The summed E-state index contributed by atoms with van der Waals surface area (Å²) in [6.07, 6.45) is 10.2. The Morgan fingerprint density at radius 1 is 1.03 bits per heavy atom. The number of hydrogen-bond acceptors (Lipinski definition) is 8. The summed E-state index contributed by atoms with van der Waals surface area (Å²) in [5.41, 5.74) is 8.67. The number of rotatable bonds is 12. The number of unbranched alkanes of at least 4 members (excludes halogenated alkanes) is 3. The van der Waals surface area contributed by atoms with Crippen LogP contribution in [-0.2, 0) is 16.0 Å². The van der Waals surface area contributed by atoms with E-state index < -0.39 is 0 Å². The van der Waals surface area contributed by atoms with E-state index in [9.17, 15) is 4.79 Å². The molecule has 34 heavy (non-hydrogen) atoms. The molecule has 0 saturated carbocycles. The van der Waals surface area contributed by atoms with Crippen LogP contribution in [0.1, 0.15) is 68.9 Å². The molecule has 0 unspecified atom stereocenters. The minimum atomic E-state index is -0.157. The minimum Gasteiger partial charge on any atom is -0.492 e. The van der Waals surface area contributed by atoms with Crippen LogP contribution in [0.15, 0.2) is 21.8 Å². The molecule has 0 atom stereocenters. The van der Waals surface area contributed by atoms with Crippen molar-refractivity contribution in [3.05, 3.63) is 22.8 Å². The molecule has 9 nitrogen and oxygen atoms in total. The number of nitrogens with one attached hydrogen (secondary N) is 1. The lowest BCUT2D eigenvalue weighted by molar-refractivity contribution is -0.140. The van der Waals surface area contributed by atoms with Crippen LogP contribution in [0, 0.1) is 0 Å². The van der Waals surface area contributed by atoms with Crippen LogP contribution in [0.4, 0.5) is 0 Å². The number of ether oxygens (including phenoxy) is 4. The smallest absolute Gasteiger partial charge is 0.305 e. The molecule has 0 heterocycles. The molecule has 3 N–H and O–H groups in total. The first kappa shape index (κ1) is 25.4. The molecule has 2 aliphatic carbocycles. The lowest BCUT2D eigenvalue weighted by Crippen LogP contribution is -2.11. The molecule has 2 aliphatic rings. The second-order valence-electron chi connectivity index (χ2n) is 8.34. The van der Waals surface area contributed by atoms with Gasteiger partial charge in [-0.15, -0.1) is 0 Å². The Kier molecular flexibility index (Phi) is 9.61. The van der Waals surface area contributed by atoms with Gasteiger partial charge in [-0.25, -0.2) is 0 Å². The molecule has 3 rings (SSSR count). The number of nitrogens with zero attached hydrogens (tertiary/aromatic N) is 2. The van der Waals surface area contributed by atoms with E-state index in [1.165, 1.54) is 30.2 Å². The van der Waals surface area contributed by atoms with E-state index >= 15 is 0 Å². The molecule has 0 aromatic heterocycles. The first-order chi connectivity index (χ1) is 16.6. The van der Waals surface area contributed by atoms with E-state index in [0.29, 0.717) is 24.5 Å². The van der Waals surface area contributed by atoms with Crippen LogP contribution < -0.4 is 25.5 Å². The van der Waals surface area contributed by atoms with Gasteiger partial charge in [-0.1, -0.05) is 12.8 Å². The molecule has 0 radical (unpaired) electrons. The molecule has 0 bridgehead atoms. The van der Waals surface area contributed by atoms with Gasteiger partial charge >= 0.3 is 5.97 Å². The van der Waals surface area contributed by atoms with Gasteiger partial charge in [-0.2, -0.15) is 10.2 Å². The van der Waals surface area contributed by atoms with Crippen LogP contribution in [-0.4, -0.2) is 46.0 Å². The maximum atomic E-state index is 11.2. The summed E-state index contributed by atoms with van der Waals surface area (Å²) in [5.74, 6) is 7.08. The Hall–Kier alpha value is -3.23. The van der Waals surface area contributed by atoms with Crippen molar-refractivity contribution < 1.29 is 23.7 Å². The SMILES string of the molecule is COC(=O)CCCCCCOc1cc2c(c(OC)c1OC)C1=C(CCC1)C(=NNC=NN)CC2. The number of carbonyl (C=O) groups is 1.